The summed E-state index contributed by atoms with van der Waals surface area (Å²) in [5.74, 6) is -0.898. The SMILES string of the molecule is CN(Cl)CC(=O)OC(=O)O. The molecule has 1 N–H and O–H groups in total. The highest BCUT2D eigenvalue weighted by molar-refractivity contribution is 6.14. The number of carbonyl (C=O) groups excluding carboxylic acids is 1. The molecule has 6 heteroatoms. The van der Waals surface area contributed by atoms with Gasteiger partial charge in [0.2, 0.25) is 0 Å². The Morgan fingerprint density at radius 1 is 1.70 bits per heavy atom. The van der Waals surface area contributed by atoms with Gasteiger partial charge in [0.15, 0.2) is 0 Å². The molecular formula is C4H6ClNO4. The Kier molecular flexibility index (Phi) is 3.75. The number of likely N-dealkylation sites (N-methyl/N-ethyl adjacent to an activating group) is 1. The third-order valence-electron chi connectivity index (χ3n) is 0.548. The van der Waals surface area contributed by atoms with Crippen LogP contribution in [0.4, 0.5) is 4.79 Å². The lowest BCUT2D eigenvalue weighted by Gasteiger charge is -2.02. The van der Waals surface area contributed by atoms with Gasteiger partial charge in [0.05, 0.1) is 0 Å². The molecular weight excluding hydrogens is 161 g/mol. The Bertz CT molecular complexity index is 146. The molecule has 0 unspecified atom stereocenters. The summed E-state index contributed by atoms with van der Waals surface area (Å²) < 4.78 is 4.70. The van der Waals surface area contributed by atoms with E-state index in [0.29, 0.717) is 0 Å². The molecule has 0 spiro atoms. The largest absolute Gasteiger partial charge is 0.513 e. The van der Waals surface area contributed by atoms with Crippen LogP contribution in [0.2, 0.25) is 0 Å². The highest BCUT2D eigenvalue weighted by Crippen LogP contribution is 1.88. The van der Waals surface area contributed by atoms with Gasteiger partial charge >= 0.3 is 12.1 Å². The van der Waals surface area contributed by atoms with Crippen LogP contribution in [0.1, 0.15) is 0 Å². The number of nitrogens with zero attached hydrogens (tertiary/aromatic N) is 1. The van der Waals surface area contributed by atoms with Crippen LogP contribution in [0.5, 0.6) is 0 Å². The predicted molar refractivity (Wildman–Crippen MR) is 32.6 cm³/mol. The zero-order valence-electron chi connectivity index (χ0n) is 5.20. The van der Waals surface area contributed by atoms with Crippen LogP contribution in [0, 0.1) is 0 Å². The Morgan fingerprint density at radius 2 is 2.20 bits per heavy atom. The van der Waals surface area contributed by atoms with Crippen molar-refractivity contribution in [2.75, 3.05) is 13.6 Å². The third-order valence-corrected chi connectivity index (χ3v) is 0.668. The fraction of sp³-hybridized carbons (Fsp3) is 0.500. The van der Waals surface area contributed by atoms with E-state index >= 15 is 0 Å². The van der Waals surface area contributed by atoms with Crippen molar-refractivity contribution >= 4 is 23.9 Å². The Morgan fingerprint density at radius 3 is 2.50 bits per heavy atom. The summed E-state index contributed by atoms with van der Waals surface area (Å²) in [4.78, 5) is 20.0. The van der Waals surface area contributed by atoms with Crippen molar-refractivity contribution in [3.05, 3.63) is 0 Å². The maximum absolute atomic E-state index is 10.3. The highest BCUT2D eigenvalue weighted by Gasteiger charge is 2.09. The normalized spacial score (nSPS) is 9.50. The van der Waals surface area contributed by atoms with E-state index in [1.165, 1.54) is 7.05 Å². The highest BCUT2D eigenvalue weighted by atomic mass is 35.5. The van der Waals surface area contributed by atoms with Crippen LogP contribution in [0.25, 0.3) is 0 Å². The minimum atomic E-state index is -1.62. The number of hydrogen-bond acceptors (Lipinski definition) is 4. The van der Waals surface area contributed by atoms with Gasteiger partial charge in [0, 0.05) is 7.05 Å². The van der Waals surface area contributed by atoms with E-state index in [1.54, 1.807) is 0 Å². The molecule has 0 aliphatic heterocycles. The molecule has 0 aromatic rings. The van der Waals surface area contributed by atoms with Crippen molar-refractivity contribution in [3.63, 3.8) is 0 Å². The van der Waals surface area contributed by atoms with Crippen molar-refractivity contribution in [3.8, 4) is 0 Å². The van der Waals surface area contributed by atoms with E-state index in [4.69, 9.17) is 16.9 Å². The second-order valence-corrected chi connectivity index (χ2v) is 2.08. The zero-order valence-corrected chi connectivity index (χ0v) is 5.96. The Hall–Kier alpha value is -0.810. The van der Waals surface area contributed by atoms with Gasteiger partial charge in [-0.05, 0) is 11.8 Å². The van der Waals surface area contributed by atoms with Crippen molar-refractivity contribution in [1.82, 2.24) is 4.42 Å². The first-order valence-corrected chi connectivity index (χ1v) is 2.66. The topological polar surface area (TPSA) is 66.8 Å². The number of ether oxygens (including phenoxy) is 1. The Balaban J connectivity index is 3.54. The van der Waals surface area contributed by atoms with Gasteiger partial charge in [0.25, 0.3) is 0 Å². The third kappa shape index (κ3) is 5.33. The van der Waals surface area contributed by atoms with Gasteiger partial charge in [-0.3, -0.25) is 4.79 Å². The summed E-state index contributed by atoms with van der Waals surface area (Å²) in [6.45, 7) is -0.256. The van der Waals surface area contributed by atoms with Crippen LogP contribution in [-0.2, 0) is 9.53 Å². The molecule has 0 rings (SSSR count). The average molecular weight is 168 g/mol. The molecule has 0 radical (unpaired) electrons. The van der Waals surface area contributed by atoms with E-state index in [-0.39, 0.29) is 6.54 Å². The number of carbonyl (C=O) groups is 2. The molecule has 0 aliphatic rings. The summed E-state index contributed by atoms with van der Waals surface area (Å²) >= 11 is 5.20. The van der Waals surface area contributed by atoms with Gasteiger partial charge in [-0.1, -0.05) is 0 Å². The van der Waals surface area contributed by atoms with Crippen molar-refractivity contribution in [2.45, 2.75) is 0 Å². The molecule has 58 valence electrons. The van der Waals surface area contributed by atoms with E-state index < -0.39 is 12.1 Å². The number of rotatable bonds is 2. The first-order valence-electron chi connectivity index (χ1n) is 2.33. The van der Waals surface area contributed by atoms with E-state index in [2.05, 4.69) is 4.74 Å². The molecule has 0 atom stereocenters. The van der Waals surface area contributed by atoms with Gasteiger partial charge in [-0.15, -0.1) is 0 Å². The molecule has 0 aromatic carbocycles. The van der Waals surface area contributed by atoms with E-state index in [0.717, 1.165) is 4.42 Å². The van der Waals surface area contributed by atoms with Crippen molar-refractivity contribution in [1.29, 1.82) is 0 Å². The van der Waals surface area contributed by atoms with Gasteiger partial charge < -0.3 is 9.84 Å². The molecule has 0 saturated heterocycles. The molecule has 0 fully saturated rings. The molecule has 0 aliphatic carbocycles. The number of halogens is 1. The molecule has 10 heavy (non-hydrogen) atoms. The summed E-state index contributed by atoms with van der Waals surface area (Å²) in [6.07, 6.45) is -1.62. The first kappa shape index (κ1) is 9.19. The lowest BCUT2D eigenvalue weighted by atomic mass is 10.7. The predicted octanol–water partition coefficient (Wildman–Crippen LogP) is 0.293. The summed E-state index contributed by atoms with van der Waals surface area (Å²) in [7, 11) is 1.41. The summed E-state index contributed by atoms with van der Waals surface area (Å²) in [5, 5.41) is 7.89. The standard InChI is InChI=1S/C4H6ClNO4/c1-6(5)2-3(7)10-4(8)9/h2H2,1H3,(H,8,9). The second-order valence-electron chi connectivity index (χ2n) is 1.50. The second kappa shape index (κ2) is 4.08. The van der Waals surface area contributed by atoms with E-state index in [1.807, 2.05) is 0 Å². The van der Waals surface area contributed by atoms with Crippen LogP contribution in [0.15, 0.2) is 0 Å². The fourth-order valence-electron chi connectivity index (χ4n) is 0.308. The molecule has 0 aromatic heterocycles. The van der Waals surface area contributed by atoms with Crippen molar-refractivity contribution in [2.24, 2.45) is 0 Å². The molecule has 0 amide bonds. The zero-order chi connectivity index (χ0) is 8.15. The minimum Gasteiger partial charge on any atom is -0.449 e. The summed E-state index contributed by atoms with van der Waals surface area (Å²) in [5.41, 5.74) is 0. The molecule has 0 heterocycles. The minimum absolute atomic E-state index is 0.256. The number of carboxylic acid groups (broad SMARTS) is 1. The van der Waals surface area contributed by atoms with E-state index in [9.17, 15) is 9.59 Å². The van der Waals surface area contributed by atoms with Crippen molar-refractivity contribution < 1.29 is 19.4 Å². The summed E-state index contributed by atoms with van der Waals surface area (Å²) in [6, 6.07) is 0. The van der Waals surface area contributed by atoms with Crippen LogP contribution in [-0.4, -0.2) is 35.2 Å². The average Bonchev–Trinajstić information content (AvgIpc) is 1.58. The fourth-order valence-corrected chi connectivity index (χ4v) is 0.405. The lowest BCUT2D eigenvalue weighted by Crippen LogP contribution is -2.21. The molecule has 0 saturated carbocycles. The van der Waals surface area contributed by atoms with Gasteiger partial charge in [-0.25, -0.2) is 9.21 Å². The quantitative estimate of drug-likeness (QED) is 0.364. The molecule has 5 nitrogen and oxygen atoms in total. The van der Waals surface area contributed by atoms with Crippen LogP contribution in [0.3, 0.4) is 0 Å². The maximum Gasteiger partial charge on any atom is 0.513 e. The lowest BCUT2D eigenvalue weighted by molar-refractivity contribution is -0.138. The van der Waals surface area contributed by atoms with Gasteiger partial charge in [-0.2, -0.15) is 0 Å². The maximum atomic E-state index is 10.3. The van der Waals surface area contributed by atoms with Crippen LogP contribution >= 0.6 is 11.8 Å². The number of hydrogen-bond donors (Lipinski definition) is 1. The van der Waals surface area contributed by atoms with Gasteiger partial charge in [0.1, 0.15) is 6.54 Å². The molecule has 0 bridgehead atoms. The van der Waals surface area contributed by atoms with Crippen LogP contribution < -0.4 is 0 Å². The number of esters is 1. The Labute approximate surface area is 62.2 Å². The smallest absolute Gasteiger partial charge is 0.449 e. The first-order chi connectivity index (χ1) is 4.52. The monoisotopic (exact) mass is 167 g/mol.